The van der Waals surface area contributed by atoms with Crippen LogP contribution in [0.4, 0.5) is 0 Å². The molecule has 0 spiro atoms. The highest BCUT2D eigenvalue weighted by atomic mass is 16.1. The van der Waals surface area contributed by atoms with Crippen molar-refractivity contribution in [2.45, 2.75) is 71.4 Å². The van der Waals surface area contributed by atoms with Gasteiger partial charge in [0.2, 0.25) is 0 Å². The molecule has 0 aromatic rings. The molecule has 2 fully saturated rings. The van der Waals surface area contributed by atoms with Crippen molar-refractivity contribution in [3.8, 4) is 0 Å². The minimum Gasteiger partial charge on any atom is -0.317 e. The Hall–Kier alpha value is -0.410. The van der Waals surface area contributed by atoms with Gasteiger partial charge in [0, 0.05) is 18.6 Å². The molecule has 3 atom stereocenters. The molecule has 0 aromatic heterocycles. The number of hydrogen-bond acceptors (Lipinski definition) is 3. The van der Waals surface area contributed by atoms with E-state index in [1.807, 2.05) is 6.79 Å². The van der Waals surface area contributed by atoms with Crippen molar-refractivity contribution in [2.75, 3.05) is 13.6 Å². The van der Waals surface area contributed by atoms with E-state index in [1.165, 1.54) is 45.1 Å². The second-order valence-corrected chi connectivity index (χ2v) is 7.65. The molecular weight excluding hydrogens is 248 g/mol. The van der Waals surface area contributed by atoms with E-state index >= 15 is 0 Å². The van der Waals surface area contributed by atoms with E-state index in [1.54, 1.807) is 0 Å². The van der Waals surface area contributed by atoms with Crippen LogP contribution in [0.15, 0.2) is 0 Å². The first-order valence-electron chi connectivity index (χ1n) is 8.18. The van der Waals surface area contributed by atoms with Crippen molar-refractivity contribution in [1.29, 1.82) is 0 Å². The van der Waals surface area contributed by atoms with Crippen LogP contribution in [0.25, 0.3) is 0 Å². The largest absolute Gasteiger partial charge is 0.317 e. The first-order chi connectivity index (χ1) is 9.48. The molecule has 0 aliphatic heterocycles. The van der Waals surface area contributed by atoms with Crippen molar-refractivity contribution in [3.63, 3.8) is 0 Å². The van der Waals surface area contributed by atoms with Crippen LogP contribution in [0.5, 0.6) is 0 Å². The van der Waals surface area contributed by atoms with Crippen LogP contribution in [-0.4, -0.2) is 32.5 Å². The molecule has 2 saturated carbocycles. The molecule has 0 saturated heterocycles. The van der Waals surface area contributed by atoms with Gasteiger partial charge in [0.1, 0.15) is 6.79 Å². The summed E-state index contributed by atoms with van der Waals surface area (Å²) in [5, 5.41) is 7.22. The molecule has 2 aliphatic rings. The molecule has 3 heteroatoms. The third-order valence-electron chi connectivity index (χ3n) is 5.11. The highest BCUT2D eigenvalue weighted by Gasteiger charge is 2.34. The summed E-state index contributed by atoms with van der Waals surface area (Å²) < 4.78 is 0. The first-order valence-corrected chi connectivity index (χ1v) is 8.18. The van der Waals surface area contributed by atoms with Gasteiger partial charge in [-0.2, -0.15) is 0 Å². The fraction of sp³-hybridized carbons (Fsp3) is 0.941. The van der Waals surface area contributed by atoms with E-state index < -0.39 is 0 Å². The average Bonchev–Trinajstić information content (AvgIpc) is 2.77. The van der Waals surface area contributed by atoms with Gasteiger partial charge < -0.3 is 15.4 Å². The zero-order valence-corrected chi connectivity index (χ0v) is 13.9. The Bertz CT molecular complexity index is 268. The lowest BCUT2D eigenvalue weighted by Crippen LogP contribution is -2.42. The fourth-order valence-corrected chi connectivity index (χ4v) is 4.10. The predicted molar refractivity (Wildman–Crippen MR) is 85.9 cm³/mol. The Morgan fingerprint density at radius 3 is 2.20 bits per heavy atom. The van der Waals surface area contributed by atoms with E-state index in [4.69, 9.17) is 4.79 Å². The summed E-state index contributed by atoms with van der Waals surface area (Å²) in [6.45, 7) is 10.2. The predicted octanol–water partition coefficient (Wildman–Crippen LogP) is 2.99. The van der Waals surface area contributed by atoms with Gasteiger partial charge in [0.25, 0.3) is 0 Å². The minimum absolute atomic E-state index is 0.402. The summed E-state index contributed by atoms with van der Waals surface area (Å²) in [5.41, 5.74) is 0.402. The monoisotopic (exact) mass is 282 g/mol. The summed E-state index contributed by atoms with van der Waals surface area (Å²) in [6.07, 6.45) is 8.66. The van der Waals surface area contributed by atoms with Crippen molar-refractivity contribution in [1.82, 2.24) is 10.6 Å². The lowest BCUT2D eigenvalue weighted by molar-refractivity contribution is -0.0979. The number of fused-ring (bicyclic) bond motifs is 2. The molecule has 3 nitrogen and oxygen atoms in total. The van der Waals surface area contributed by atoms with Crippen LogP contribution in [0.3, 0.4) is 0 Å². The number of carbonyl (C=O) groups is 1. The Kier molecular flexibility index (Phi) is 7.18. The summed E-state index contributed by atoms with van der Waals surface area (Å²) >= 11 is 0. The van der Waals surface area contributed by atoms with E-state index in [9.17, 15) is 0 Å². The van der Waals surface area contributed by atoms with Crippen LogP contribution in [-0.2, 0) is 4.79 Å². The Labute approximate surface area is 125 Å². The molecular formula is C17H34N2O. The maximum absolute atomic E-state index is 8.00. The quantitative estimate of drug-likeness (QED) is 0.787. The summed E-state index contributed by atoms with van der Waals surface area (Å²) in [7, 11) is 2.06. The Morgan fingerprint density at radius 2 is 1.70 bits per heavy atom. The standard InChI is InChI=1S/C16H32N2.CH2O/c1-12(17-4)10-16(2,3)11-18-15-8-13-5-6-14(7-13)9-15;1-2/h12-15,17-18H,5-11H2,1-4H3;1H2. The van der Waals surface area contributed by atoms with Crippen molar-refractivity contribution in [3.05, 3.63) is 0 Å². The second-order valence-electron chi connectivity index (χ2n) is 7.65. The molecule has 118 valence electrons. The molecule has 2 N–H and O–H groups in total. The van der Waals surface area contributed by atoms with Crippen molar-refractivity contribution < 1.29 is 4.79 Å². The zero-order chi connectivity index (χ0) is 15.2. The minimum atomic E-state index is 0.402. The molecule has 2 rings (SSSR count). The van der Waals surface area contributed by atoms with Gasteiger partial charge in [-0.05, 0) is 56.9 Å². The van der Waals surface area contributed by atoms with Gasteiger partial charge in [-0.1, -0.05) is 26.7 Å². The SMILES string of the molecule is C=O.CNC(C)CC(C)(C)CNC1CC2CCC(C2)C1. The molecule has 2 aliphatic carbocycles. The lowest BCUT2D eigenvalue weighted by Gasteiger charge is -2.34. The van der Waals surface area contributed by atoms with Crippen molar-refractivity contribution in [2.24, 2.45) is 17.3 Å². The van der Waals surface area contributed by atoms with E-state index in [-0.39, 0.29) is 0 Å². The molecule has 0 aromatic carbocycles. The maximum atomic E-state index is 8.00. The van der Waals surface area contributed by atoms with Gasteiger partial charge in [0.15, 0.2) is 0 Å². The van der Waals surface area contributed by atoms with Crippen LogP contribution in [0.1, 0.15) is 59.3 Å². The van der Waals surface area contributed by atoms with Crippen molar-refractivity contribution >= 4 is 6.79 Å². The van der Waals surface area contributed by atoms with Gasteiger partial charge in [-0.3, -0.25) is 0 Å². The lowest BCUT2D eigenvalue weighted by atomic mass is 9.83. The van der Waals surface area contributed by atoms with Crippen LogP contribution < -0.4 is 10.6 Å². The van der Waals surface area contributed by atoms with Crippen LogP contribution >= 0.6 is 0 Å². The van der Waals surface area contributed by atoms with Crippen LogP contribution in [0, 0.1) is 17.3 Å². The molecule has 0 heterocycles. The maximum Gasteiger partial charge on any atom is 0.106 e. The topological polar surface area (TPSA) is 41.1 Å². The second kappa shape index (κ2) is 8.14. The molecule has 20 heavy (non-hydrogen) atoms. The zero-order valence-electron chi connectivity index (χ0n) is 13.9. The fourth-order valence-electron chi connectivity index (χ4n) is 4.10. The Balaban J connectivity index is 0.000000956. The summed E-state index contributed by atoms with van der Waals surface area (Å²) in [4.78, 5) is 8.00. The van der Waals surface area contributed by atoms with Crippen LogP contribution in [0.2, 0.25) is 0 Å². The third-order valence-corrected chi connectivity index (χ3v) is 5.11. The smallest absolute Gasteiger partial charge is 0.106 e. The average molecular weight is 282 g/mol. The van der Waals surface area contributed by atoms with Gasteiger partial charge >= 0.3 is 0 Å². The summed E-state index contributed by atoms with van der Waals surface area (Å²) in [5.74, 6) is 2.08. The molecule has 0 radical (unpaired) electrons. The number of rotatable bonds is 6. The third kappa shape index (κ3) is 5.53. The van der Waals surface area contributed by atoms with E-state index in [0.29, 0.717) is 11.5 Å². The van der Waals surface area contributed by atoms with Gasteiger partial charge in [-0.25, -0.2) is 0 Å². The number of hydrogen-bond donors (Lipinski definition) is 2. The van der Waals surface area contributed by atoms with Gasteiger partial charge in [0.05, 0.1) is 0 Å². The van der Waals surface area contributed by atoms with E-state index in [0.717, 1.165) is 17.9 Å². The highest BCUT2D eigenvalue weighted by Crippen LogP contribution is 2.42. The highest BCUT2D eigenvalue weighted by molar-refractivity contribution is 5.11. The number of nitrogens with one attached hydrogen (secondary N) is 2. The van der Waals surface area contributed by atoms with E-state index in [2.05, 4.69) is 38.5 Å². The molecule has 3 unspecified atom stereocenters. The molecule has 0 amide bonds. The Morgan fingerprint density at radius 1 is 1.15 bits per heavy atom. The number of carbonyl (C=O) groups excluding carboxylic acids is 1. The molecule has 2 bridgehead atoms. The van der Waals surface area contributed by atoms with Gasteiger partial charge in [-0.15, -0.1) is 0 Å². The normalized spacial score (nSPS) is 30.5. The summed E-state index contributed by atoms with van der Waals surface area (Å²) in [6, 6.07) is 1.42. The first kappa shape index (κ1) is 17.6.